The summed E-state index contributed by atoms with van der Waals surface area (Å²) >= 11 is 0. The van der Waals surface area contributed by atoms with E-state index in [1.165, 1.54) is 0 Å². The van der Waals surface area contributed by atoms with E-state index in [0.29, 0.717) is 0 Å². The van der Waals surface area contributed by atoms with Crippen LogP contribution in [0.1, 0.15) is 0 Å². The minimum Gasteiger partial charge on any atom is -0.297 e. The third kappa shape index (κ3) is 1.28. The first-order chi connectivity index (χ1) is 4.00. The highest BCUT2D eigenvalue weighted by Crippen LogP contribution is 2.06. The van der Waals surface area contributed by atoms with Crippen LogP contribution in [-0.2, 0) is 14.8 Å². The van der Waals surface area contributed by atoms with Crippen LogP contribution in [0.3, 0.4) is 0 Å². The molecular weight excluding hydrogens is 142 g/mol. The van der Waals surface area contributed by atoms with Crippen molar-refractivity contribution in [3.63, 3.8) is 0 Å². The second-order valence-electron chi connectivity index (χ2n) is 2.07. The van der Waals surface area contributed by atoms with Crippen molar-refractivity contribution < 1.29 is 13.2 Å². The number of sulfonamides is 1. The number of rotatable bonds is 1. The monoisotopic (exact) mass is 149 g/mol. The lowest BCUT2D eigenvalue weighted by Crippen LogP contribution is -2.49. The molecule has 0 aromatic rings. The molecule has 1 fully saturated rings. The molecule has 0 aromatic carbocycles. The van der Waals surface area contributed by atoms with E-state index in [9.17, 15) is 13.2 Å². The topological polar surface area (TPSA) is 54.5 Å². The summed E-state index contributed by atoms with van der Waals surface area (Å²) in [7, 11) is -3.09. The Balaban J connectivity index is 2.61. The van der Waals surface area contributed by atoms with Gasteiger partial charge >= 0.3 is 0 Å². The molecule has 0 N–H and O–H groups in total. The molecule has 5 heteroatoms. The molecule has 0 aliphatic carbocycles. The Bertz CT molecular complexity index is 222. The van der Waals surface area contributed by atoms with Crippen LogP contribution >= 0.6 is 0 Å². The zero-order chi connectivity index (χ0) is 7.07. The van der Waals surface area contributed by atoms with Crippen molar-refractivity contribution in [2.24, 2.45) is 0 Å². The summed E-state index contributed by atoms with van der Waals surface area (Å²) in [4.78, 5) is 10.3. The highest BCUT2D eigenvalue weighted by atomic mass is 32.2. The van der Waals surface area contributed by atoms with Gasteiger partial charge in [-0.15, -0.1) is 0 Å². The molecular formula is C4H7NO3S. The molecule has 0 bridgehead atoms. The number of hydrogen-bond acceptors (Lipinski definition) is 3. The van der Waals surface area contributed by atoms with Gasteiger partial charge in [0.25, 0.3) is 0 Å². The van der Waals surface area contributed by atoms with Gasteiger partial charge in [-0.2, -0.15) is 4.31 Å². The predicted octanol–water partition coefficient (Wildman–Crippen LogP) is -1.17. The zero-order valence-electron chi connectivity index (χ0n) is 4.99. The van der Waals surface area contributed by atoms with Crippen molar-refractivity contribution >= 4 is 15.8 Å². The van der Waals surface area contributed by atoms with E-state index < -0.39 is 10.0 Å². The quantitative estimate of drug-likeness (QED) is 0.472. The Morgan fingerprint density at radius 2 is 1.89 bits per heavy atom. The first-order valence-corrected chi connectivity index (χ1v) is 4.32. The van der Waals surface area contributed by atoms with Crippen LogP contribution in [0.2, 0.25) is 0 Å². The summed E-state index contributed by atoms with van der Waals surface area (Å²) in [6.07, 6.45) is 1.10. The van der Waals surface area contributed by atoms with Gasteiger partial charge < -0.3 is 0 Å². The fraction of sp³-hybridized carbons (Fsp3) is 0.750. The molecule has 0 aromatic heterocycles. The molecule has 1 aliphatic rings. The first-order valence-electron chi connectivity index (χ1n) is 2.47. The van der Waals surface area contributed by atoms with Crippen molar-refractivity contribution in [3.8, 4) is 0 Å². The maximum absolute atomic E-state index is 10.5. The number of hydrogen-bond donors (Lipinski definition) is 0. The van der Waals surface area contributed by atoms with Gasteiger partial charge in [0, 0.05) is 0 Å². The van der Waals surface area contributed by atoms with Crippen LogP contribution in [0.25, 0.3) is 0 Å². The number of nitrogens with zero attached hydrogens (tertiary/aromatic N) is 1. The fourth-order valence-corrected chi connectivity index (χ4v) is 1.34. The molecule has 1 heterocycles. The molecule has 4 nitrogen and oxygen atoms in total. The van der Waals surface area contributed by atoms with Crippen molar-refractivity contribution in [3.05, 3.63) is 0 Å². The lowest BCUT2D eigenvalue weighted by molar-refractivity contribution is -0.125. The lowest BCUT2D eigenvalue weighted by atomic mass is 10.3. The lowest BCUT2D eigenvalue weighted by Gasteiger charge is -2.26. The van der Waals surface area contributed by atoms with E-state index in [1.54, 1.807) is 0 Å². The molecule has 0 atom stereocenters. The first kappa shape index (κ1) is 6.70. The van der Waals surface area contributed by atoms with E-state index in [2.05, 4.69) is 0 Å². The molecule has 1 rings (SSSR count). The van der Waals surface area contributed by atoms with Gasteiger partial charge in [0.1, 0.15) is 0 Å². The highest BCUT2D eigenvalue weighted by Gasteiger charge is 2.30. The SMILES string of the molecule is CS(=O)(=O)N1CC(=O)C1. The van der Waals surface area contributed by atoms with Crippen molar-refractivity contribution in [2.75, 3.05) is 19.3 Å². The van der Waals surface area contributed by atoms with Gasteiger partial charge in [-0.05, 0) is 0 Å². The second kappa shape index (κ2) is 1.78. The molecule has 0 spiro atoms. The number of ketones is 1. The summed E-state index contributed by atoms with van der Waals surface area (Å²) in [5, 5.41) is 0. The summed E-state index contributed by atoms with van der Waals surface area (Å²) in [6.45, 7) is 0.137. The Morgan fingerprint density at radius 1 is 1.44 bits per heavy atom. The average Bonchev–Trinajstić information content (AvgIpc) is 1.55. The third-order valence-electron chi connectivity index (χ3n) is 1.17. The van der Waals surface area contributed by atoms with Gasteiger partial charge in [0.15, 0.2) is 5.78 Å². The summed E-state index contributed by atoms with van der Waals surface area (Å²) < 4.78 is 22.2. The van der Waals surface area contributed by atoms with Crippen LogP contribution in [0.4, 0.5) is 0 Å². The molecule has 0 radical (unpaired) electrons. The van der Waals surface area contributed by atoms with Gasteiger partial charge in [-0.1, -0.05) is 0 Å². The predicted molar refractivity (Wildman–Crippen MR) is 31.4 cm³/mol. The molecule has 9 heavy (non-hydrogen) atoms. The van der Waals surface area contributed by atoms with Crippen molar-refractivity contribution in [1.82, 2.24) is 4.31 Å². The number of carbonyl (C=O) groups is 1. The van der Waals surface area contributed by atoms with Crippen LogP contribution in [-0.4, -0.2) is 37.9 Å². The smallest absolute Gasteiger partial charge is 0.212 e. The minimum atomic E-state index is -3.09. The molecule has 1 aliphatic heterocycles. The largest absolute Gasteiger partial charge is 0.297 e. The Morgan fingerprint density at radius 3 is 2.00 bits per heavy atom. The third-order valence-corrected chi connectivity index (χ3v) is 2.37. The van der Waals surface area contributed by atoms with Crippen LogP contribution in [0.5, 0.6) is 0 Å². The zero-order valence-corrected chi connectivity index (χ0v) is 5.81. The van der Waals surface area contributed by atoms with Crippen LogP contribution < -0.4 is 0 Å². The highest BCUT2D eigenvalue weighted by molar-refractivity contribution is 7.88. The molecule has 0 amide bonds. The van der Waals surface area contributed by atoms with E-state index >= 15 is 0 Å². The molecule has 0 saturated carbocycles. The number of carbonyl (C=O) groups excluding carboxylic acids is 1. The summed E-state index contributed by atoms with van der Waals surface area (Å²) in [5.41, 5.74) is 0. The maximum Gasteiger partial charge on any atom is 0.212 e. The van der Waals surface area contributed by atoms with Gasteiger partial charge in [-0.25, -0.2) is 8.42 Å². The summed E-state index contributed by atoms with van der Waals surface area (Å²) in [6, 6.07) is 0. The second-order valence-corrected chi connectivity index (χ2v) is 4.05. The fourth-order valence-electron chi connectivity index (χ4n) is 0.582. The number of Topliss-reactive ketones (excluding diaryl/α,β-unsaturated/α-hetero) is 1. The van der Waals surface area contributed by atoms with Gasteiger partial charge in [-0.3, -0.25) is 4.79 Å². The van der Waals surface area contributed by atoms with Gasteiger partial charge in [0.2, 0.25) is 10.0 Å². The normalized spacial score (nSPS) is 21.7. The Labute approximate surface area is 53.5 Å². The Kier molecular flexibility index (Phi) is 1.32. The maximum atomic E-state index is 10.5. The molecule has 52 valence electrons. The average molecular weight is 149 g/mol. The molecule has 1 saturated heterocycles. The van der Waals surface area contributed by atoms with Crippen molar-refractivity contribution in [1.29, 1.82) is 0 Å². The van der Waals surface area contributed by atoms with Crippen molar-refractivity contribution in [2.45, 2.75) is 0 Å². The Hall–Kier alpha value is -0.420. The van der Waals surface area contributed by atoms with Crippen LogP contribution in [0, 0.1) is 0 Å². The van der Waals surface area contributed by atoms with E-state index in [1.807, 2.05) is 0 Å². The van der Waals surface area contributed by atoms with E-state index in [0.717, 1.165) is 10.6 Å². The molecule has 0 unspecified atom stereocenters. The van der Waals surface area contributed by atoms with E-state index in [4.69, 9.17) is 0 Å². The minimum absolute atomic E-state index is 0.0135. The standard InChI is InChI=1S/C4H7NO3S/c1-9(7,8)5-2-4(6)3-5/h2-3H2,1H3. The van der Waals surface area contributed by atoms with Gasteiger partial charge in [0.05, 0.1) is 19.3 Å². The summed E-state index contributed by atoms with van der Waals surface area (Å²) in [5.74, 6) is -0.0135. The van der Waals surface area contributed by atoms with Crippen LogP contribution in [0.15, 0.2) is 0 Å². The van der Waals surface area contributed by atoms with E-state index in [-0.39, 0.29) is 18.9 Å².